The lowest BCUT2D eigenvalue weighted by Gasteiger charge is -2.12. The summed E-state index contributed by atoms with van der Waals surface area (Å²) in [5.74, 6) is -0.915. The Labute approximate surface area is 142 Å². The number of hydrogen-bond donors (Lipinski definition) is 2. The van der Waals surface area contributed by atoms with Crippen LogP contribution >= 0.6 is 43.5 Å². The predicted octanol–water partition coefficient (Wildman–Crippen LogP) is 4.39. The molecule has 0 aliphatic rings. The smallest absolute Gasteiger partial charge is 0.264 e. The number of nitrogens with one attached hydrogen (secondary N) is 1. The van der Waals surface area contributed by atoms with Gasteiger partial charge >= 0.3 is 0 Å². The number of rotatable bonds is 3. The Morgan fingerprint density at radius 2 is 1.81 bits per heavy atom. The Balaban J connectivity index is 2.48. The largest absolute Gasteiger partial charge is 0.398 e. The molecule has 2 aromatic rings. The van der Waals surface area contributed by atoms with Crippen molar-refractivity contribution in [3.63, 3.8) is 0 Å². The molecule has 0 saturated carbocycles. The number of sulfonamides is 1. The first kappa shape index (κ1) is 16.5. The summed E-state index contributed by atoms with van der Waals surface area (Å²) < 4.78 is 41.4. The summed E-state index contributed by atoms with van der Waals surface area (Å²) in [7, 11) is -4.14. The fourth-order valence-corrected chi connectivity index (χ4v) is 3.66. The van der Waals surface area contributed by atoms with Crippen LogP contribution in [0.2, 0.25) is 5.02 Å². The van der Waals surface area contributed by atoms with Crippen molar-refractivity contribution in [3.05, 3.63) is 50.1 Å². The predicted molar refractivity (Wildman–Crippen MR) is 88.5 cm³/mol. The van der Waals surface area contributed by atoms with Crippen molar-refractivity contribution in [1.29, 1.82) is 0 Å². The molecule has 2 aromatic carbocycles. The highest BCUT2D eigenvalue weighted by Crippen LogP contribution is 2.31. The van der Waals surface area contributed by atoms with Crippen LogP contribution in [0.4, 0.5) is 15.8 Å². The number of hydrogen-bond acceptors (Lipinski definition) is 3. The van der Waals surface area contributed by atoms with E-state index < -0.39 is 20.7 Å². The van der Waals surface area contributed by atoms with Crippen molar-refractivity contribution < 1.29 is 12.8 Å². The van der Waals surface area contributed by atoms with Crippen molar-refractivity contribution in [2.24, 2.45) is 0 Å². The van der Waals surface area contributed by atoms with E-state index in [4.69, 9.17) is 17.3 Å². The number of halogens is 4. The van der Waals surface area contributed by atoms with Gasteiger partial charge in [-0.15, -0.1) is 0 Å². The number of anilines is 2. The van der Waals surface area contributed by atoms with Gasteiger partial charge in [-0.2, -0.15) is 0 Å². The number of nitrogens with two attached hydrogens (primary N) is 1. The second-order valence-electron chi connectivity index (χ2n) is 4.03. The molecular weight excluding hydrogens is 450 g/mol. The molecule has 9 heteroatoms. The van der Waals surface area contributed by atoms with E-state index in [1.807, 2.05) is 0 Å². The zero-order valence-electron chi connectivity index (χ0n) is 10.2. The van der Waals surface area contributed by atoms with Gasteiger partial charge in [-0.05, 0) is 62.2 Å². The first-order valence-corrected chi connectivity index (χ1v) is 8.88. The molecule has 0 amide bonds. The fourth-order valence-electron chi connectivity index (χ4n) is 1.53. The van der Waals surface area contributed by atoms with Gasteiger partial charge in [0.15, 0.2) is 0 Å². The third kappa shape index (κ3) is 3.68. The molecule has 3 N–H and O–H groups in total. The maximum absolute atomic E-state index is 13.9. The lowest BCUT2D eigenvalue weighted by molar-refractivity contribution is 0.570. The van der Waals surface area contributed by atoms with E-state index in [1.165, 1.54) is 6.07 Å². The Kier molecular flexibility index (Phi) is 4.82. The van der Waals surface area contributed by atoms with Gasteiger partial charge in [0.1, 0.15) is 10.7 Å². The monoisotopic (exact) mass is 456 g/mol. The normalized spacial score (nSPS) is 11.4. The van der Waals surface area contributed by atoms with Crippen LogP contribution in [-0.2, 0) is 10.0 Å². The van der Waals surface area contributed by atoms with E-state index in [0.717, 1.165) is 12.1 Å². The Hall–Kier alpha value is -0.830. The summed E-state index contributed by atoms with van der Waals surface area (Å²) in [6, 6.07) is 6.61. The third-order valence-corrected chi connectivity index (χ3v) is 5.51. The minimum absolute atomic E-state index is 0.113. The molecule has 0 aromatic heterocycles. The summed E-state index contributed by atoms with van der Waals surface area (Å²) in [6.07, 6.45) is 0. The molecule has 0 heterocycles. The van der Waals surface area contributed by atoms with Gasteiger partial charge in [0.25, 0.3) is 10.0 Å². The van der Waals surface area contributed by atoms with Crippen LogP contribution in [0.5, 0.6) is 0 Å². The molecule has 0 aliphatic heterocycles. The second-order valence-corrected chi connectivity index (χ2v) is 7.83. The maximum Gasteiger partial charge on any atom is 0.264 e. The molecule has 0 unspecified atom stereocenters. The second kappa shape index (κ2) is 6.12. The minimum Gasteiger partial charge on any atom is -0.398 e. The van der Waals surface area contributed by atoms with Crippen LogP contribution in [0.1, 0.15) is 0 Å². The zero-order valence-corrected chi connectivity index (χ0v) is 14.9. The van der Waals surface area contributed by atoms with E-state index in [-0.39, 0.29) is 15.8 Å². The van der Waals surface area contributed by atoms with E-state index in [1.54, 1.807) is 12.1 Å². The zero-order chi connectivity index (χ0) is 15.8. The molecule has 112 valence electrons. The van der Waals surface area contributed by atoms with Gasteiger partial charge < -0.3 is 5.73 Å². The average Bonchev–Trinajstić information content (AvgIpc) is 2.37. The molecule has 0 saturated heterocycles. The van der Waals surface area contributed by atoms with Crippen LogP contribution in [0.25, 0.3) is 0 Å². The third-order valence-electron chi connectivity index (χ3n) is 2.51. The highest BCUT2D eigenvalue weighted by atomic mass is 79.9. The number of nitrogen functional groups attached to an aromatic ring is 1. The molecule has 0 spiro atoms. The topological polar surface area (TPSA) is 72.2 Å². The highest BCUT2D eigenvalue weighted by molar-refractivity contribution is 9.11. The van der Waals surface area contributed by atoms with Crippen LogP contribution < -0.4 is 10.5 Å². The lowest BCUT2D eigenvalue weighted by Crippen LogP contribution is -2.15. The van der Waals surface area contributed by atoms with Crippen molar-refractivity contribution in [3.8, 4) is 0 Å². The summed E-state index contributed by atoms with van der Waals surface area (Å²) in [4.78, 5) is -0.546. The lowest BCUT2D eigenvalue weighted by atomic mass is 10.3. The molecule has 4 nitrogen and oxygen atoms in total. The summed E-state index contributed by atoms with van der Waals surface area (Å²) >= 11 is 12.0. The number of benzene rings is 2. The van der Waals surface area contributed by atoms with Gasteiger partial charge in [-0.25, -0.2) is 12.8 Å². The quantitative estimate of drug-likeness (QED) is 0.671. The molecule has 21 heavy (non-hydrogen) atoms. The van der Waals surface area contributed by atoms with Gasteiger partial charge in [0.05, 0.1) is 5.69 Å². The van der Waals surface area contributed by atoms with Gasteiger partial charge in [-0.1, -0.05) is 11.6 Å². The van der Waals surface area contributed by atoms with Crippen LogP contribution in [-0.4, -0.2) is 8.42 Å². The van der Waals surface area contributed by atoms with E-state index in [0.29, 0.717) is 9.50 Å². The Morgan fingerprint density at radius 1 is 1.14 bits per heavy atom. The van der Waals surface area contributed by atoms with Crippen LogP contribution in [0.15, 0.2) is 44.2 Å². The molecule has 0 aliphatic carbocycles. The van der Waals surface area contributed by atoms with Crippen LogP contribution in [0, 0.1) is 5.82 Å². The summed E-state index contributed by atoms with van der Waals surface area (Å²) in [5.41, 5.74) is 5.91. The first-order chi connectivity index (χ1) is 9.70. The van der Waals surface area contributed by atoms with Gasteiger partial charge in [0, 0.05) is 19.7 Å². The standard InChI is InChI=1S/C12H8Br2ClFN2O2S/c13-7-2-1-6(15)3-11(7)18-21(19,20)12-5-10(17)8(14)4-9(12)16/h1-5,18H,17H2. The van der Waals surface area contributed by atoms with E-state index in [2.05, 4.69) is 36.6 Å². The van der Waals surface area contributed by atoms with Crippen LogP contribution in [0.3, 0.4) is 0 Å². The van der Waals surface area contributed by atoms with Gasteiger partial charge in [-0.3, -0.25) is 4.72 Å². The molecule has 0 radical (unpaired) electrons. The van der Waals surface area contributed by atoms with Crippen molar-refractivity contribution >= 4 is 64.9 Å². The molecular formula is C12H8Br2ClFN2O2S. The summed E-state index contributed by atoms with van der Waals surface area (Å²) in [5, 5.41) is 0.340. The fraction of sp³-hybridized carbons (Fsp3) is 0. The van der Waals surface area contributed by atoms with E-state index in [9.17, 15) is 12.8 Å². The molecule has 2 rings (SSSR count). The van der Waals surface area contributed by atoms with E-state index >= 15 is 0 Å². The Morgan fingerprint density at radius 3 is 2.48 bits per heavy atom. The summed E-state index contributed by atoms with van der Waals surface area (Å²) in [6.45, 7) is 0. The molecule has 0 atom stereocenters. The maximum atomic E-state index is 13.9. The molecule has 0 bridgehead atoms. The van der Waals surface area contributed by atoms with Gasteiger partial charge in [0.2, 0.25) is 0 Å². The highest BCUT2D eigenvalue weighted by Gasteiger charge is 2.21. The minimum atomic E-state index is -4.14. The molecule has 0 fully saturated rings. The Bertz CT molecular complexity index is 815. The SMILES string of the molecule is Nc1cc(S(=O)(=O)Nc2cc(Cl)ccc2Br)c(F)cc1Br. The average molecular weight is 459 g/mol. The van der Waals surface area contributed by atoms with Crippen molar-refractivity contribution in [2.45, 2.75) is 4.90 Å². The van der Waals surface area contributed by atoms with Crippen molar-refractivity contribution in [2.75, 3.05) is 10.5 Å². The first-order valence-electron chi connectivity index (χ1n) is 5.43. The van der Waals surface area contributed by atoms with Crippen molar-refractivity contribution in [1.82, 2.24) is 0 Å².